The van der Waals surface area contributed by atoms with Gasteiger partial charge in [0.25, 0.3) is 0 Å². The molecule has 1 radical (unpaired) electrons. The van der Waals surface area contributed by atoms with E-state index >= 15 is 0 Å². The van der Waals surface area contributed by atoms with Crippen molar-refractivity contribution in [2.75, 3.05) is 5.75 Å². The van der Waals surface area contributed by atoms with Crippen LogP contribution in [0.3, 0.4) is 0 Å². The first-order valence-corrected chi connectivity index (χ1v) is 3.46. The van der Waals surface area contributed by atoms with Gasteiger partial charge in [-0.1, -0.05) is 0 Å². The van der Waals surface area contributed by atoms with Crippen molar-refractivity contribution in [1.29, 1.82) is 0 Å². The molecule has 0 aromatic rings. The van der Waals surface area contributed by atoms with E-state index < -0.39 is 6.03 Å². The largest absolute Gasteiger partial charge is 0.350 e. The number of hydrogen-bond donors (Lipinski definition) is 1. The van der Waals surface area contributed by atoms with Crippen LogP contribution in [0.15, 0.2) is 0 Å². The minimum Gasteiger partial charge on any atom is -0.350 e. The van der Waals surface area contributed by atoms with Gasteiger partial charge in [0.1, 0.15) is 5.37 Å². The Bertz CT molecular complexity index is 102. The molecule has 45 valence electrons. The highest BCUT2D eigenvalue weighted by molar-refractivity contribution is 8.01. The maximum absolute atomic E-state index is 10.0. The summed E-state index contributed by atoms with van der Waals surface area (Å²) in [5.74, 6) is 1.11. The second-order valence-corrected chi connectivity index (χ2v) is 2.87. The Morgan fingerprint density at radius 2 is 2.50 bits per heavy atom. The highest BCUT2D eigenvalue weighted by atomic mass is 32.2. The minimum atomic E-state index is -0.540. The predicted octanol–water partition coefficient (Wildman–Crippen LogP) is 0.133. The molecule has 1 atom stereocenters. The number of rotatable bonds is 1. The van der Waals surface area contributed by atoms with Crippen LogP contribution in [0.25, 0.3) is 0 Å². The van der Waals surface area contributed by atoms with Crippen LogP contribution in [0.5, 0.6) is 0 Å². The molecule has 0 bridgehead atoms. The number of thioether (sulfide) groups is 1. The van der Waals surface area contributed by atoms with Crippen LogP contribution in [0.4, 0.5) is 4.79 Å². The number of nitrogens with zero attached hydrogens (tertiary/aromatic N) is 1. The van der Waals surface area contributed by atoms with Crippen LogP contribution in [0.1, 0.15) is 6.42 Å². The molecule has 0 saturated carbocycles. The fraction of sp³-hybridized carbons (Fsp3) is 0.750. The third kappa shape index (κ3) is 1.30. The van der Waals surface area contributed by atoms with Crippen LogP contribution >= 0.6 is 11.8 Å². The monoisotopic (exact) mass is 131 g/mol. The van der Waals surface area contributed by atoms with Gasteiger partial charge in [0.15, 0.2) is 0 Å². The normalized spacial score (nSPS) is 26.2. The summed E-state index contributed by atoms with van der Waals surface area (Å²) >= 11 is 1.67. The van der Waals surface area contributed by atoms with Gasteiger partial charge in [-0.2, -0.15) is 0 Å². The second-order valence-electron chi connectivity index (χ2n) is 1.58. The molecule has 2 amide bonds. The SMILES string of the molecule is NC(=O)[N]C1CCS1. The van der Waals surface area contributed by atoms with E-state index in [9.17, 15) is 4.79 Å². The van der Waals surface area contributed by atoms with Crippen molar-refractivity contribution in [1.82, 2.24) is 5.32 Å². The molecule has 1 rings (SSSR count). The van der Waals surface area contributed by atoms with E-state index in [0.717, 1.165) is 12.2 Å². The second kappa shape index (κ2) is 2.26. The molecule has 1 aliphatic rings. The van der Waals surface area contributed by atoms with E-state index in [-0.39, 0.29) is 5.37 Å². The van der Waals surface area contributed by atoms with Crippen LogP contribution in [-0.2, 0) is 0 Å². The lowest BCUT2D eigenvalue weighted by molar-refractivity contribution is 0.247. The molecule has 2 N–H and O–H groups in total. The van der Waals surface area contributed by atoms with E-state index in [2.05, 4.69) is 5.32 Å². The average molecular weight is 131 g/mol. The fourth-order valence-corrected chi connectivity index (χ4v) is 1.09. The Hall–Kier alpha value is -0.380. The molecule has 0 aliphatic carbocycles. The Kier molecular flexibility index (Phi) is 1.62. The number of primary amides is 1. The molecule has 4 heteroatoms. The summed E-state index contributed by atoms with van der Waals surface area (Å²) in [6.07, 6.45) is 1.01. The van der Waals surface area contributed by atoms with Crippen LogP contribution in [0, 0.1) is 0 Å². The molecule has 0 spiro atoms. The molecule has 1 unspecified atom stereocenters. The van der Waals surface area contributed by atoms with E-state index in [1.165, 1.54) is 0 Å². The lowest BCUT2D eigenvalue weighted by Gasteiger charge is -2.21. The summed E-state index contributed by atoms with van der Waals surface area (Å²) in [6.45, 7) is 0. The molecule has 0 aromatic carbocycles. The number of carbonyl (C=O) groups is 1. The third-order valence-electron chi connectivity index (χ3n) is 0.946. The molecule has 1 fully saturated rings. The Morgan fingerprint density at radius 1 is 1.88 bits per heavy atom. The van der Waals surface area contributed by atoms with Gasteiger partial charge >= 0.3 is 6.03 Å². The van der Waals surface area contributed by atoms with Crippen molar-refractivity contribution in [2.24, 2.45) is 5.73 Å². The zero-order valence-corrected chi connectivity index (χ0v) is 5.15. The predicted molar refractivity (Wildman–Crippen MR) is 32.6 cm³/mol. The smallest absolute Gasteiger partial charge is 0.334 e. The molecule has 8 heavy (non-hydrogen) atoms. The first-order valence-electron chi connectivity index (χ1n) is 2.41. The van der Waals surface area contributed by atoms with Gasteiger partial charge in [-0.15, -0.1) is 11.8 Å². The maximum atomic E-state index is 10.0. The van der Waals surface area contributed by atoms with E-state index in [0.29, 0.717) is 0 Å². The van der Waals surface area contributed by atoms with Crippen LogP contribution in [0.2, 0.25) is 0 Å². The Balaban J connectivity index is 2.09. The van der Waals surface area contributed by atoms with Gasteiger partial charge in [-0.3, -0.25) is 0 Å². The lowest BCUT2D eigenvalue weighted by atomic mass is 10.4. The number of amides is 2. The Morgan fingerprint density at radius 3 is 2.62 bits per heavy atom. The quantitative estimate of drug-likeness (QED) is 0.550. The van der Waals surface area contributed by atoms with Gasteiger partial charge < -0.3 is 5.73 Å². The number of hydrogen-bond acceptors (Lipinski definition) is 2. The molecule has 1 heterocycles. The van der Waals surface area contributed by atoms with Crippen molar-refractivity contribution in [3.8, 4) is 0 Å². The van der Waals surface area contributed by atoms with Crippen LogP contribution < -0.4 is 11.1 Å². The Labute approximate surface area is 52.0 Å². The molecular formula is C4H7N2OS. The van der Waals surface area contributed by atoms with Crippen molar-refractivity contribution < 1.29 is 4.79 Å². The third-order valence-corrected chi connectivity index (χ3v) is 2.14. The van der Waals surface area contributed by atoms with Crippen molar-refractivity contribution >= 4 is 17.8 Å². The number of urea groups is 1. The van der Waals surface area contributed by atoms with E-state index in [1.54, 1.807) is 11.8 Å². The van der Waals surface area contributed by atoms with Gasteiger partial charge in [0.05, 0.1) is 0 Å². The first kappa shape index (κ1) is 5.75. The van der Waals surface area contributed by atoms with Gasteiger partial charge in [0, 0.05) is 0 Å². The molecule has 1 aliphatic heterocycles. The summed E-state index contributed by atoms with van der Waals surface area (Å²) in [5.41, 5.74) is 4.78. The molecule has 1 saturated heterocycles. The first-order chi connectivity index (χ1) is 3.79. The number of carbonyl (C=O) groups excluding carboxylic acids is 1. The summed E-state index contributed by atoms with van der Waals surface area (Å²) in [6, 6.07) is -0.540. The molecular weight excluding hydrogens is 124 g/mol. The fourth-order valence-electron chi connectivity index (χ4n) is 0.467. The van der Waals surface area contributed by atoms with Gasteiger partial charge in [-0.25, -0.2) is 10.1 Å². The van der Waals surface area contributed by atoms with Crippen molar-refractivity contribution in [2.45, 2.75) is 11.8 Å². The zero-order chi connectivity index (χ0) is 5.98. The summed E-state index contributed by atoms with van der Waals surface area (Å²) in [7, 11) is 0. The summed E-state index contributed by atoms with van der Waals surface area (Å²) < 4.78 is 0. The lowest BCUT2D eigenvalue weighted by Crippen LogP contribution is -2.34. The van der Waals surface area contributed by atoms with Crippen molar-refractivity contribution in [3.05, 3.63) is 0 Å². The standard InChI is InChI=1S/C4H7N2OS/c5-4(7)6-3-1-2-8-3/h3H,1-2H2,(H2,5,7). The summed E-state index contributed by atoms with van der Waals surface area (Å²) in [4.78, 5) is 10.0. The van der Waals surface area contributed by atoms with Crippen molar-refractivity contribution in [3.63, 3.8) is 0 Å². The molecule has 0 aromatic heterocycles. The average Bonchev–Trinajstić information content (AvgIpc) is 1.55. The maximum Gasteiger partial charge on any atom is 0.334 e. The topological polar surface area (TPSA) is 57.2 Å². The number of nitrogens with two attached hydrogens (primary N) is 1. The molecule has 3 nitrogen and oxygen atoms in total. The van der Waals surface area contributed by atoms with E-state index in [1.807, 2.05) is 0 Å². The highest BCUT2D eigenvalue weighted by Crippen LogP contribution is 2.25. The highest BCUT2D eigenvalue weighted by Gasteiger charge is 2.20. The summed E-state index contributed by atoms with van der Waals surface area (Å²) in [5, 5.41) is 3.76. The van der Waals surface area contributed by atoms with E-state index in [4.69, 9.17) is 5.73 Å². The zero-order valence-electron chi connectivity index (χ0n) is 4.33. The van der Waals surface area contributed by atoms with Gasteiger partial charge in [0.2, 0.25) is 0 Å². The van der Waals surface area contributed by atoms with Crippen LogP contribution in [-0.4, -0.2) is 17.2 Å². The van der Waals surface area contributed by atoms with Gasteiger partial charge in [-0.05, 0) is 12.2 Å². The minimum absolute atomic E-state index is 0.174.